The van der Waals surface area contributed by atoms with E-state index in [0.29, 0.717) is 6.54 Å². The fourth-order valence-electron chi connectivity index (χ4n) is 1.49. The van der Waals surface area contributed by atoms with Gasteiger partial charge in [-0.2, -0.15) is 0 Å². The zero-order valence-electron chi connectivity index (χ0n) is 8.59. The van der Waals surface area contributed by atoms with Gasteiger partial charge >= 0.3 is 0 Å². The van der Waals surface area contributed by atoms with Crippen LogP contribution in [0.15, 0.2) is 0 Å². The molecule has 0 aromatic carbocycles. The Morgan fingerprint density at radius 3 is 2.71 bits per heavy atom. The lowest BCUT2D eigenvalue weighted by Gasteiger charge is -2.15. The fourth-order valence-corrected chi connectivity index (χ4v) is 1.49. The average molecular weight is 199 g/mol. The Balaban J connectivity index is 2.35. The number of carbonyl (C=O) groups excluding carboxylic acids is 2. The maximum absolute atomic E-state index is 11.5. The van der Waals surface area contributed by atoms with Crippen LogP contribution in [0.3, 0.4) is 0 Å². The number of rotatable bonds is 3. The van der Waals surface area contributed by atoms with Gasteiger partial charge in [-0.1, -0.05) is 0 Å². The number of hydrogen-bond donors (Lipinski definition) is 3. The summed E-state index contributed by atoms with van der Waals surface area (Å²) >= 11 is 0. The second-order valence-corrected chi connectivity index (χ2v) is 3.53. The van der Waals surface area contributed by atoms with Crippen LogP contribution in [0.5, 0.6) is 0 Å². The van der Waals surface area contributed by atoms with Crippen molar-refractivity contribution >= 4 is 11.8 Å². The molecule has 1 rings (SSSR count). The molecule has 1 saturated heterocycles. The summed E-state index contributed by atoms with van der Waals surface area (Å²) in [6.45, 7) is 3.28. The Kier molecular flexibility index (Phi) is 3.88. The summed E-state index contributed by atoms with van der Waals surface area (Å²) in [6, 6.07) is -0.451. The first kappa shape index (κ1) is 11.0. The fraction of sp³-hybridized carbons (Fsp3) is 0.778. The lowest BCUT2D eigenvalue weighted by atomic mass is 10.1. The van der Waals surface area contributed by atoms with E-state index in [4.69, 9.17) is 0 Å². The van der Waals surface area contributed by atoms with Gasteiger partial charge in [-0.15, -0.1) is 0 Å². The molecule has 0 aliphatic carbocycles. The van der Waals surface area contributed by atoms with Crippen molar-refractivity contribution in [3.8, 4) is 0 Å². The van der Waals surface area contributed by atoms with E-state index in [9.17, 15) is 9.59 Å². The highest BCUT2D eigenvalue weighted by Gasteiger charge is 2.24. The Morgan fingerprint density at radius 1 is 1.50 bits per heavy atom. The molecule has 0 saturated carbocycles. The third kappa shape index (κ3) is 2.70. The van der Waals surface area contributed by atoms with Crippen LogP contribution in [0.2, 0.25) is 0 Å². The van der Waals surface area contributed by atoms with E-state index in [1.165, 1.54) is 0 Å². The van der Waals surface area contributed by atoms with Gasteiger partial charge in [0.2, 0.25) is 11.8 Å². The van der Waals surface area contributed by atoms with E-state index in [0.717, 1.165) is 13.0 Å². The molecule has 0 bridgehead atoms. The molecule has 1 unspecified atom stereocenters. The van der Waals surface area contributed by atoms with Crippen LogP contribution in [-0.4, -0.2) is 38.0 Å². The molecule has 1 fully saturated rings. The first-order valence-electron chi connectivity index (χ1n) is 4.88. The van der Waals surface area contributed by atoms with E-state index in [-0.39, 0.29) is 17.7 Å². The lowest BCUT2D eigenvalue weighted by Crippen LogP contribution is -2.46. The van der Waals surface area contributed by atoms with E-state index >= 15 is 0 Å². The van der Waals surface area contributed by atoms with E-state index in [1.807, 2.05) is 0 Å². The van der Waals surface area contributed by atoms with Crippen LogP contribution in [0.1, 0.15) is 13.3 Å². The number of hydrogen-bond acceptors (Lipinski definition) is 3. The summed E-state index contributed by atoms with van der Waals surface area (Å²) in [4.78, 5) is 22.7. The topological polar surface area (TPSA) is 70.2 Å². The first-order valence-corrected chi connectivity index (χ1v) is 4.88. The zero-order chi connectivity index (χ0) is 10.6. The third-order valence-electron chi connectivity index (χ3n) is 2.43. The van der Waals surface area contributed by atoms with Gasteiger partial charge in [0.25, 0.3) is 0 Å². The van der Waals surface area contributed by atoms with Crippen LogP contribution in [0.25, 0.3) is 0 Å². The summed E-state index contributed by atoms with van der Waals surface area (Å²) in [7, 11) is 1.56. The second kappa shape index (κ2) is 4.95. The normalized spacial score (nSPS) is 22.9. The quantitative estimate of drug-likeness (QED) is 0.537. The van der Waals surface area contributed by atoms with Crippen molar-refractivity contribution in [1.82, 2.24) is 16.0 Å². The van der Waals surface area contributed by atoms with E-state index in [2.05, 4.69) is 16.0 Å². The van der Waals surface area contributed by atoms with E-state index < -0.39 is 6.04 Å². The molecule has 80 valence electrons. The molecule has 0 aromatic heterocycles. The molecule has 5 heteroatoms. The number of likely N-dealkylation sites (N-methyl/N-ethyl adjacent to an activating group) is 1. The molecule has 1 aliphatic rings. The summed E-state index contributed by atoms with van der Waals surface area (Å²) in [5.74, 6) is -0.183. The molecule has 0 aromatic rings. The predicted molar refractivity (Wildman–Crippen MR) is 52.6 cm³/mol. The molecule has 0 spiro atoms. The number of amides is 2. The smallest absolute Gasteiger partial charge is 0.242 e. The summed E-state index contributed by atoms with van der Waals surface area (Å²) in [5.41, 5.74) is 0. The molecule has 2 atom stereocenters. The molecule has 5 nitrogen and oxygen atoms in total. The monoisotopic (exact) mass is 199 g/mol. The number of nitrogens with one attached hydrogen (secondary N) is 3. The van der Waals surface area contributed by atoms with Crippen molar-refractivity contribution in [3.05, 3.63) is 0 Å². The molecule has 0 radical (unpaired) electrons. The first-order chi connectivity index (χ1) is 6.65. The van der Waals surface area contributed by atoms with Gasteiger partial charge in [-0.3, -0.25) is 9.59 Å². The van der Waals surface area contributed by atoms with Crippen molar-refractivity contribution in [3.63, 3.8) is 0 Å². The van der Waals surface area contributed by atoms with Gasteiger partial charge in [0.05, 0.1) is 5.92 Å². The second-order valence-electron chi connectivity index (χ2n) is 3.53. The van der Waals surface area contributed by atoms with E-state index in [1.54, 1.807) is 14.0 Å². The van der Waals surface area contributed by atoms with Crippen LogP contribution in [0.4, 0.5) is 0 Å². The largest absolute Gasteiger partial charge is 0.357 e. The average Bonchev–Trinajstić information content (AvgIpc) is 2.69. The van der Waals surface area contributed by atoms with Gasteiger partial charge in [-0.05, 0) is 19.9 Å². The summed E-state index contributed by atoms with van der Waals surface area (Å²) < 4.78 is 0. The standard InChI is InChI=1S/C9H17N3O2/c1-6(8(13)10-2)12-9(14)7-3-4-11-5-7/h6-7,11H,3-5H2,1-2H3,(H,10,13)(H,12,14)/t6-,7?/m0/s1. The Bertz CT molecular complexity index is 224. The minimum Gasteiger partial charge on any atom is -0.357 e. The minimum atomic E-state index is -0.451. The molecular weight excluding hydrogens is 182 g/mol. The Labute approximate surface area is 83.6 Å². The van der Waals surface area contributed by atoms with Crippen molar-refractivity contribution in [2.45, 2.75) is 19.4 Å². The maximum atomic E-state index is 11.5. The van der Waals surface area contributed by atoms with Gasteiger partial charge in [0.15, 0.2) is 0 Å². The highest BCUT2D eigenvalue weighted by molar-refractivity contribution is 5.88. The Morgan fingerprint density at radius 2 is 2.21 bits per heavy atom. The van der Waals surface area contributed by atoms with Crippen LogP contribution < -0.4 is 16.0 Å². The summed E-state index contributed by atoms with van der Waals surface area (Å²) in [5, 5.41) is 8.28. The summed E-state index contributed by atoms with van der Waals surface area (Å²) in [6.07, 6.45) is 0.853. The zero-order valence-corrected chi connectivity index (χ0v) is 8.59. The van der Waals surface area contributed by atoms with Crippen molar-refractivity contribution in [2.24, 2.45) is 5.92 Å². The molecule has 14 heavy (non-hydrogen) atoms. The Hall–Kier alpha value is -1.10. The molecule has 2 amide bonds. The van der Waals surface area contributed by atoms with Gasteiger partial charge in [-0.25, -0.2) is 0 Å². The highest BCUT2D eigenvalue weighted by atomic mass is 16.2. The van der Waals surface area contributed by atoms with Crippen LogP contribution in [0, 0.1) is 5.92 Å². The van der Waals surface area contributed by atoms with Crippen molar-refractivity contribution in [1.29, 1.82) is 0 Å². The highest BCUT2D eigenvalue weighted by Crippen LogP contribution is 2.07. The lowest BCUT2D eigenvalue weighted by molar-refractivity contribution is -0.130. The SMILES string of the molecule is CNC(=O)[C@H](C)NC(=O)C1CCNC1. The van der Waals surface area contributed by atoms with Gasteiger partial charge in [0, 0.05) is 13.6 Å². The molecule has 1 heterocycles. The minimum absolute atomic E-state index is 0.0158. The maximum Gasteiger partial charge on any atom is 0.242 e. The third-order valence-corrected chi connectivity index (χ3v) is 2.43. The van der Waals surface area contributed by atoms with Crippen LogP contribution in [-0.2, 0) is 9.59 Å². The van der Waals surface area contributed by atoms with Gasteiger partial charge in [0.1, 0.15) is 6.04 Å². The van der Waals surface area contributed by atoms with Crippen molar-refractivity contribution in [2.75, 3.05) is 20.1 Å². The molecular formula is C9H17N3O2. The molecule has 1 aliphatic heterocycles. The van der Waals surface area contributed by atoms with Crippen molar-refractivity contribution < 1.29 is 9.59 Å². The number of carbonyl (C=O) groups is 2. The van der Waals surface area contributed by atoms with Gasteiger partial charge < -0.3 is 16.0 Å². The molecule has 3 N–H and O–H groups in total. The van der Waals surface area contributed by atoms with Crippen LogP contribution >= 0.6 is 0 Å². The predicted octanol–water partition coefficient (Wildman–Crippen LogP) is -1.15.